The summed E-state index contributed by atoms with van der Waals surface area (Å²) in [6, 6.07) is 6.49. The number of hydrogen-bond acceptors (Lipinski definition) is 4. The Morgan fingerprint density at radius 3 is 2.95 bits per heavy atom. The Labute approximate surface area is 115 Å². The number of carbonyl (C=O) groups excluding carboxylic acids is 1. The summed E-state index contributed by atoms with van der Waals surface area (Å²) in [7, 11) is 1.53. The van der Waals surface area contributed by atoms with Crippen LogP contribution in [0.1, 0.15) is 35.1 Å². The van der Waals surface area contributed by atoms with Gasteiger partial charge in [0.2, 0.25) is 0 Å². The maximum atomic E-state index is 12.5. The molecule has 1 fully saturated rings. The largest absolute Gasteiger partial charge is 0.467 e. The van der Waals surface area contributed by atoms with Crippen LogP contribution in [0.5, 0.6) is 0 Å². The van der Waals surface area contributed by atoms with Gasteiger partial charge < -0.3 is 9.32 Å². The van der Waals surface area contributed by atoms with Crippen LogP contribution in [0.15, 0.2) is 39.7 Å². The van der Waals surface area contributed by atoms with E-state index in [0.717, 1.165) is 18.6 Å². The van der Waals surface area contributed by atoms with Crippen molar-refractivity contribution in [3.05, 3.63) is 52.3 Å². The van der Waals surface area contributed by atoms with Crippen molar-refractivity contribution in [2.75, 3.05) is 6.54 Å². The summed E-state index contributed by atoms with van der Waals surface area (Å²) in [4.78, 5) is 25.6. The lowest BCUT2D eigenvalue weighted by molar-refractivity contribution is 0.0711. The van der Waals surface area contributed by atoms with Gasteiger partial charge in [-0.2, -0.15) is 5.10 Å². The number of nitrogens with zero attached hydrogens (tertiary/aromatic N) is 3. The molecule has 0 aromatic carbocycles. The summed E-state index contributed by atoms with van der Waals surface area (Å²) in [5.41, 5.74) is 0.0520. The molecule has 2 aromatic heterocycles. The summed E-state index contributed by atoms with van der Waals surface area (Å²) in [5, 5.41) is 4.02. The molecule has 0 spiro atoms. The van der Waals surface area contributed by atoms with Crippen molar-refractivity contribution in [2.24, 2.45) is 7.05 Å². The Morgan fingerprint density at radius 1 is 1.40 bits per heavy atom. The van der Waals surface area contributed by atoms with E-state index in [2.05, 4.69) is 5.10 Å². The Kier molecular flexibility index (Phi) is 3.14. The van der Waals surface area contributed by atoms with Crippen LogP contribution in [-0.4, -0.2) is 27.1 Å². The van der Waals surface area contributed by atoms with Crippen molar-refractivity contribution < 1.29 is 9.21 Å². The predicted octanol–water partition coefficient (Wildman–Crippen LogP) is 1.35. The van der Waals surface area contributed by atoms with Gasteiger partial charge in [-0.05, 0) is 31.0 Å². The zero-order valence-electron chi connectivity index (χ0n) is 11.2. The molecule has 0 aliphatic carbocycles. The van der Waals surface area contributed by atoms with Gasteiger partial charge in [-0.3, -0.25) is 9.59 Å². The molecule has 1 aliphatic heterocycles. The van der Waals surface area contributed by atoms with E-state index in [1.165, 1.54) is 23.9 Å². The lowest BCUT2D eigenvalue weighted by Crippen LogP contribution is -2.33. The van der Waals surface area contributed by atoms with E-state index in [4.69, 9.17) is 4.42 Å². The monoisotopic (exact) mass is 273 g/mol. The molecule has 0 saturated carbocycles. The predicted molar refractivity (Wildman–Crippen MR) is 71.2 cm³/mol. The number of furan rings is 1. The molecule has 1 amide bonds. The van der Waals surface area contributed by atoms with Gasteiger partial charge in [-0.15, -0.1) is 0 Å². The number of amides is 1. The molecule has 1 aliphatic rings. The fourth-order valence-electron chi connectivity index (χ4n) is 2.55. The molecular weight excluding hydrogens is 258 g/mol. The second-order valence-corrected chi connectivity index (χ2v) is 4.85. The van der Waals surface area contributed by atoms with Gasteiger partial charge in [0.15, 0.2) is 0 Å². The Balaban J connectivity index is 1.89. The third-order valence-corrected chi connectivity index (χ3v) is 3.56. The molecule has 3 heterocycles. The molecule has 1 atom stereocenters. The number of aromatic nitrogens is 2. The highest BCUT2D eigenvalue weighted by Gasteiger charge is 2.33. The van der Waals surface area contributed by atoms with Crippen LogP contribution in [0.4, 0.5) is 0 Å². The minimum atomic E-state index is -0.231. The van der Waals surface area contributed by atoms with E-state index in [1.54, 1.807) is 11.2 Å². The van der Waals surface area contributed by atoms with Crippen molar-refractivity contribution in [3.8, 4) is 0 Å². The minimum Gasteiger partial charge on any atom is -0.467 e. The number of hydrogen-bond donors (Lipinski definition) is 0. The minimum absolute atomic E-state index is 0.0449. The zero-order chi connectivity index (χ0) is 14.1. The third-order valence-electron chi connectivity index (χ3n) is 3.56. The quantitative estimate of drug-likeness (QED) is 0.828. The Bertz CT molecular complexity index is 675. The van der Waals surface area contributed by atoms with Crippen LogP contribution in [0.25, 0.3) is 0 Å². The van der Waals surface area contributed by atoms with Crippen LogP contribution >= 0.6 is 0 Å². The van der Waals surface area contributed by atoms with E-state index in [0.29, 0.717) is 6.54 Å². The van der Waals surface area contributed by atoms with E-state index >= 15 is 0 Å². The van der Waals surface area contributed by atoms with E-state index in [1.807, 2.05) is 12.1 Å². The second-order valence-electron chi connectivity index (χ2n) is 4.85. The zero-order valence-corrected chi connectivity index (χ0v) is 11.2. The smallest absolute Gasteiger partial charge is 0.274 e. The topological polar surface area (TPSA) is 68.3 Å². The Hall–Kier alpha value is -2.37. The number of carbonyl (C=O) groups is 1. The van der Waals surface area contributed by atoms with E-state index in [-0.39, 0.29) is 23.2 Å². The lowest BCUT2D eigenvalue weighted by atomic mass is 10.1. The molecule has 3 rings (SSSR count). The molecule has 104 valence electrons. The van der Waals surface area contributed by atoms with Crippen molar-refractivity contribution in [2.45, 2.75) is 18.9 Å². The highest BCUT2D eigenvalue weighted by molar-refractivity contribution is 5.92. The molecule has 0 radical (unpaired) electrons. The summed E-state index contributed by atoms with van der Waals surface area (Å²) < 4.78 is 6.58. The standard InChI is InChI=1S/C14H15N3O3/c1-16-13(18)7-6-10(15-16)14(19)17-8-2-4-11(17)12-5-3-9-20-12/h3,5-7,9,11H,2,4,8H2,1H3/t11-/m0/s1. The molecule has 2 aromatic rings. The SMILES string of the molecule is Cn1nc(C(=O)N2CCC[C@H]2c2ccco2)ccc1=O. The fourth-order valence-corrected chi connectivity index (χ4v) is 2.55. The van der Waals surface area contributed by atoms with E-state index in [9.17, 15) is 9.59 Å². The van der Waals surface area contributed by atoms with Crippen LogP contribution in [0, 0.1) is 0 Å². The molecule has 0 bridgehead atoms. The molecule has 0 N–H and O–H groups in total. The first-order chi connectivity index (χ1) is 9.66. The van der Waals surface area contributed by atoms with Crippen molar-refractivity contribution in [1.82, 2.24) is 14.7 Å². The van der Waals surface area contributed by atoms with Gasteiger partial charge in [0.25, 0.3) is 11.5 Å². The third kappa shape index (κ3) is 2.13. The van der Waals surface area contributed by atoms with Gasteiger partial charge >= 0.3 is 0 Å². The maximum Gasteiger partial charge on any atom is 0.274 e. The van der Waals surface area contributed by atoms with Gasteiger partial charge in [-0.1, -0.05) is 0 Å². The van der Waals surface area contributed by atoms with Crippen LogP contribution < -0.4 is 5.56 Å². The van der Waals surface area contributed by atoms with Gasteiger partial charge in [0, 0.05) is 19.7 Å². The number of aryl methyl sites for hydroxylation is 1. The summed E-state index contributed by atoms with van der Waals surface area (Å²) >= 11 is 0. The molecule has 1 saturated heterocycles. The normalized spacial score (nSPS) is 18.4. The highest BCUT2D eigenvalue weighted by atomic mass is 16.3. The lowest BCUT2D eigenvalue weighted by Gasteiger charge is -2.22. The number of rotatable bonds is 2. The van der Waals surface area contributed by atoms with Crippen molar-refractivity contribution in [3.63, 3.8) is 0 Å². The number of likely N-dealkylation sites (tertiary alicyclic amines) is 1. The summed E-state index contributed by atoms with van der Waals surface area (Å²) in [6.07, 6.45) is 3.43. The first kappa shape index (κ1) is 12.7. The van der Waals surface area contributed by atoms with Crippen LogP contribution in [-0.2, 0) is 7.05 Å². The van der Waals surface area contributed by atoms with Crippen LogP contribution in [0.2, 0.25) is 0 Å². The second kappa shape index (κ2) is 4.96. The van der Waals surface area contributed by atoms with Crippen molar-refractivity contribution >= 4 is 5.91 Å². The van der Waals surface area contributed by atoms with E-state index < -0.39 is 0 Å². The first-order valence-corrected chi connectivity index (χ1v) is 6.55. The van der Waals surface area contributed by atoms with Crippen molar-refractivity contribution in [1.29, 1.82) is 0 Å². The maximum absolute atomic E-state index is 12.5. The van der Waals surface area contributed by atoms with Gasteiger partial charge in [0.1, 0.15) is 11.5 Å². The Morgan fingerprint density at radius 2 is 2.25 bits per heavy atom. The summed E-state index contributed by atoms with van der Waals surface area (Å²) in [6.45, 7) is 0.675. The van der Waals surface area contributed by atoms with Gasteiger partial charge in [0.05, 0.1) is 12.3 Å². The fraction of sp³-hybridized carbons (Fsp3) is 0.357. The molecule has 0 unspecified atom stereocenters. The van der Waals surface area contributed by atoms with Gasteiger partial charge in [-0.25, -0.2) is 4.68 Å². The first-order valence-electron chi connectivity index (χ1n) is 6.55. The molecular formula is C14H15N3O3. The average molecular weight is 273 g/mol. The average Bonchev–Trinajstić information content (AvgIpc) is 3.10. The summed E-state index contributed by atoms with van der Waals surface area (Å²) in [5.74, 6) is 0.625. The molecule has 6 heteroatoms. The molecule has 20 heavy (non-hydrogen) atoms. The van der Waals surface area contributed by atoms with Crippen LogP contribution in [0.3, 0.4) is 0 Å². The highest BCUT2D eigenvalue weighted by Crippen LogP contribution is 2.32. The molecule has 6 nitrogen and oxygen atoms in total.